The number of hydrogen-bond acceptors (Lipinski definition) is 3. The molecular formula is C29H20BrNO2. The van der Waals surface area contributed by atoms with Crippen molar-refractivity contribution >= 4 is 26.7 Å². The molecule has 4 heteroatoms. The predicted molar refractivity (Wildman–Crippen MR) is 136 cm³/mol. The molecule has 0 saturated carbocycles. The highest BCUT2D eigenvalue weighted by molar-refractivity contribution is 9.10. The van der Waals surface area contributed by atoms with Crippen LogP contribution in [0.3, 0.4) is 0 Å². The van der Waals surface area contributed by atoms with Crippen molar-refractivity contribution < 1.29 is 9.47 Å². The van der Waals surface area contributed by atoms with Crippen molar-refractivity contribution in [2.75, 3.05) is 0 Å². The monoisotopic (exact) mass is 493 g/mol. The summed E-state index contributed by atoms with van der Waals surface area (Å²) in [6.45, 7) is 4.38. The van der Waals surface area contributed by atoms with Gasteiger partial charge in [0.2, 0.25) is 0 Å². The first-order valence-corrected chi connectivity index (χ1v) is 11.6. The van der Waals surface area contributed by atoms with Crippen molar-refractivity contribution in [2.45, 2.75) is 13.8 Å². The van der Waals surface area contributed by atoms with E-state index in [1.807, 2.05) is 42.6 Å². The van der Waals surface area contributed by atoms with Gasteiger partial charge >= 0.3 is 0 Å². The van der Waals surface area contributed by atoms with Crippen LogP contribution in [-0.4, -0.2) is 4.98 Å². The summed E-state index contributed by atoms with van der Waals surface area (Å²) in [6.07, 6.45) is 1.93. The quantitative estimate of drug-likeness (QED) is 0.225. The second-order valence-electron chi connectivity index (χ2n) is 8.23. The van der Waals surface area contributed by atoms with Crippen LogP contribution in [-0.2, 0) is 0 Å². The van der Waals surface area contributed by atoms with E-state index in [4.69, 9.17) is 9.47 Å². The molecule has 6 rings (SSSR count). The minimum Gasteiger partial charge on any atom is -0.450 e. The Morgan fingerprint density at radius 1 is 0.606 bits per heavy atom. The maximum Gasteiger partial charge on any atom is 0.170 e. The van der Waals surface area contributed by atoms with Crippen molar-refractivity contribution in [2.24, 2.45) is 0 Å². The zero-order valence-electron chi connectivity index (χ0n) is 18.2. The Hall–Kier alpha value is -3.63. The number of rotatable bonds is 2. The van der Waals surface area contributed by atoms with Crippen molar-refractivity contribution in [3.63, 3.8) is 0 Å². The average molecular weight is 494 g/mol. The van der Waals surface area contributed by atoms with Crippen LogP contribution in [0.25, 0.3) is 33.0 Å². The normalized spacial score (nSPS) is 12.0. The second kappa shape index (κ2) is 7.75. The summed E-state index contributed by atoms with van der Waals surface area (Å²) in [5.41, 5.74) is 7.13. The standard InChI is InChI=1S/C29H20BrNO2/c1-17-18(2)29(20-12-14-27(30)31-16-20)22-8-4-3-7-21(22)28(17)19-11-13-25-26(15-19)33-24-10-6-5-9-23(24)32-25/h3-16H,1-2H3. The number of ether oxygens (including phenoxy) is 2. The molecule has 0 amide bonds. The molecule has 4 aromatic carbocycles. The van der Waals surface area contributed by atoms with E-state index in [1.54, 1.807) is 0 Å². The zero-order chi connectivity index (χ0) is 22.5. The first-order chi connectivity index (χ1) is 16.1. The van der Waals surface area contributed by atoms with Gasteiger partial charge in [0.25, 0.3) is 0 Å². The van der Waals surface area contributed by atoms with Gasteiger partial charge in [0.05, 0.1) is 0 Å². The Balaban J connectivity index is 1.56. The minimum absolute atomic E-state index is 0.730. The van der Waals surface area contributed by atoms with E-state index in [-0.39, 0.29) is 0 Å². The first-order valence-electron chi connectivity index (χ1n) is 10.8. The average Bonchev–Trinajstić information content (AvgIpc) is 2.84. The molecule has 1 aliphatic heterocycles. The molecule has 1 aromatic heterocycles. The molecule has 0 radical (unpaired) electrons. The van der Waals surface area contributed by atoms with E-state index in [1.165, 1.54) is 33.0 Å². The molecule has 3 nitrogen and oxygen atoms in total. The lowest BCUT2D eigenvalue weighted by Crippen LogP contribution is -2.00. The van der Waals surface area contributed by atoms with Gasteiger partial charge in [-0.3, -0.25) is 0 Å². The topological polar surface area (TPSA) is 31.4 Å². The van der Waals surface area contributed by atoms with Crippen LogP contribution in [0.2, 0.25) is 0 Å². The third kappa shape index (κ3) is 3.30. The maximum atomic E-state index is 6.19. The number of pyridine rings is 1. The molecule has 0 unspecified atom stereocenters. The van der Waals surface area contributed by atoms with Crippen LogP contribution in [0.15, 0.2) is 89.7 Å². The number of aromatic nitrogens is 1. The fraction of sp³-hybridized carbons (Fsp3) is 0.0690. The zero-order valence-corrected chi connectivity index (χ0v) is 19.8. The van der Waals surface area contributed by atoms with Crippen LogP contribution in [0.5, 0.6) is 23.0 Å². The fourth-order valence-corrected chi connectivity index (χ4v) is 4.88. The van der Waals surface area contributed by atoms with Gasteiger partial charge < -0.3 is 9.47 Å². The SMILES string of the molecule is Cc1c(C)c(-c2ccc3c(c2)Oc2ccccc2O3)c2ccccc2c1-c1ccc(Br)nc1. The third-order valence-corrected chi connectivity index (χ3v) is 6.78. The van der Waals surface area contributed by atoms with Crippen molar-refractivity contribution in [3.8, 4) is 45.3 Å². The van der Waals surface area contributed by atoms with E-state index < -0.39 is 0 Å². The fourth-order valence-electron chi connectivity index (χ4n) is 4.65. The van der Waals surface area contributed by atoms with E-state index in [0.29, 0.717) is 0 Å². The van der Waals surface area contributed by atoms with E-state index in [2.05, 4.69) is 77.2 Å². The number of fused-ring (bicyclic) bond motifs is 3. The Morgan fingerprint density at radius 3 is 1.79 bits per heavy atom. The van der Waals surface area contributed by atoms with Gasteiger partial charge in [-0.15, -0.1) is 0 Å². The number of nitrogens with zero attached hydrogens (tertiary/aromatic N) is 1. The Bertz CT molecular complexity index is 1540. The van der Waals surface area contributed by atoms with E-state index in [0.717, 1.165) is 38.7 Å². The molecular weight excluding hydrogens is 474 g/mol. The maximum absolute atomic E-state index is 6.19. The lowest BCUT2D eigenvalue weighted by atomic mass is 9.85. The van der Waals surface area contributed by atoms with Crippen molar-refractivity contribution in [3.05, 3.63) is 101 Å². The van der Waals surface area contributed by atoms with Gasteiger partial charge in [-0.1, -0.05) is 48.5 Å². The van der Waals surface area contributed by atoms with Gasteiger partial charge in [0.15, 0.2) is 23.0 Å². The van der Waals surface area contributed by atoms with Gasteiger partial charge in [0, 0.05) is 11.8 Å². The van der Waals surface area contributed by atoms with Crippen LogP contribution < -0.4 is 9.47 Å². The van der Waals surface area contributed by atoms with Crippen LogP contribution in [0, 0.1) is 13.8 Å². The Morgan fingerprint density at radius 2 is 1.15 bits per heavy atom. The van der Waals surface area contributed by atoms with Gasteiger partial charge in [0.1, 0.15) is 4.60 Å². The van der Waals surface area contributed by atoms with Gasteiger partial charge in [-0.25, -0.2) is 4.98 Å². The minimum atomic E-state index is 0.730. The molecule has 33 heavy (non-hydrogen) atoms. The number of hydrogen-bond donors (Lipinski definition) is 0. The molecule has 160 valence electrons. The molecule has 0 fully saturated rings. The molecule has 0 aliphatic carbocycles. The molecule has 5 aromatic rings. The number of halogens is 1. The first kappa shape index (κ1) is 20.0. The Kier molecular flexibility index (Phi) is 4.70. The number of para-hydroxylation sites is 2. The summed E-state index contributed by atoms with van der Waals surface area (Å²) < 4.78 is 13.1. The molecule has 0 atom stereocenters. The molecule has 0 saturated heterocycles. The van der Waals surface area contributed by atoms with Crippen LogP contribution >= 0.6 is 15.9 Å². The highest BCUT2D eigenvalue weighted by atomic mass is 79.9. The summed E-state index contributed by atoms with van der Waals surface area (Å²) in [6, 6.07) is 26.6. The second-order valence-corrected chi connectivity index (χ2v) is 9.04. The van der Waals surface area contributed by atoms with E-state index >= 15 is 0 Å². The summed E-state index contributed by atoms with van der Waals surface area (Å²) >= 11 is 3.45. The number of benzene rings is 4. The van der Waals surface area contributed by atoms with Crippen molar-refractivity contribution in [1.82, 2.24) is 4.98 Å². The molecule has 0 bridgehead atoms. The third-order valence-electron chi connectivity index (χ3n) is 6.32. The van der Waals surface area contributed by atoms with Crippen molar-refractivity contribution in [1.29, 1.82) is 0 Å². The molecule has 2 heterocycles. The molecule has 0 spiro atoms. The smallest absolute Gasteiger partial charge is 0.170 e. The lowest BCUT2D eigenvalue weighted by Gasteiger charge is -2.23. The van der Waals surface area contributed by atoms with Gasteiger partial charge in [-0.2, -0.15) is 0 Å². The van der Waals surface area contributed by atoms with E-state index in [9.17, 15) is 0 Å². The van der Waals surface area contributed by atoms with Crippen LogP contribution in [0.1, 0.15) is 11.1 Å². The largest absolute Gasteiger partial charge is 0.450 e. The highest BCUT2D eigenvalue weighted by Gasteiger charge is 2.21. The molecule has 0 N–H and O–H groups in total. The summed E-state index contributed by atoms with van der Waals surface area (Å²) in [4.78, 5) is 4.47. The summed E-state index contributed by atoms with van der Waals surface area (Å²) in [5.74, 6) is 2.93. The Labute approximate surface area is 200 Å². The lowest BCUT2D eigenvalue weighted by molar-refractivity contribution is 0.360. The summed E-state index contributed by atoms with van der Waals surface area (Å²) in [7, 11) is 0. The molecule has 1 aliphatic rings. The van der Waals surface area contributed by atoms with Gasteiger partial charge in [-0.05, 0) is 98.7 Å². The predicted octanol–water partition coefficient (Wildman–Crippen LogP) is 8.85. The summed E-state index contributed by atoms with van der Waals surface area (Å²) in [5, 5.41) is 2.41. The highest BCUT2D eigenvalue weighted by Crippen LogP contribution is 2.48. The van der Waals surface area contributed by atoms with Crippen LogP contribution in [0.4, 0.5) is 0 Å².